The molecule has 0 aliphatic carbocycles. The van der Waals surface area contributed by atoms with Gasteiger partial charge in [0.2, 0.25) is 0 Å². The number of benzene rings is 1. The summed E-state index contributed by atoms with van der Waals surface area (Å²) in [5, 5.41) is 0.547. The molecule has 1 atom stereocenters. The average Bonchev–Trinajstić information content (AvgIpc) is 2.27. The predicted molar refractivity (Wildman–Crippen MR) is 78.4 cm³/mol. The molecule has 0 aromatic heterocycles. The summed E-state index contributed by atoms with van der Waals surface area (Å²) in [4.78, 5) is 0. The van der Waals surface area contributed by atoms with E-state index in [1.807, 2.05) is 0 Å². The second kappa shape index (κ2) is 6.75. The summed E-state index contributed by atoms with van der Waals surface area (Å²) >= 11 is 7.67. The fraction of sp³-hybridized carbons (Fsp3) is 0.538. The Kier molecular flexibility index (Phi) is 5.92. The molecule has 0 amide bonds. The predicted octanol–water partition coefficient (Wildman–Crippen LogP) is 3.39. The van der Waals surface area contributed by atoms with E-state index in [1.54, 1.807) is 23.9 Å². The molecule has 5 heteroatoms. The average molecular weight is 291 g/mol. The monoisotopic (exact) mass is 290 g/mol. The molecular formula is C13H20ClFN2S. The van der Waals surface area contributed by atoms with Crippen molar-refractivity contribution in [2.45, 2.75) is 38.0 Å². The van der Waals surface area contributed by atoms with E-state index in [4.69, 9.17) is 17.4 Å². The number of hydrogen-bond acceptors (Lipinski definition) is 3. The first kappa shape index (κ1) is 15.8. The summed E-state index contributed by atoms with van der Waals surface area (Å²) in [5.41, 5.74) is 3.34. The van der Waals surface area contributed by atoms with E-state index in [1.165, 1.54) is 6.07 Å². The normalized spacial score (nSPS) is 13.7. The molecule has 0 saturated heterocycles. The molecule has 0 fully saturated rings. The van der Waals surface area contributed by atoms with Gasteiger partial charge in [-0.25, -0.2) is 4.39 Å². The van der Waals surface area contributed by atoms with Crippen molar-refractivity contribution in [2.75, 3.05) is 5.75 Å². The van der Waals surface area contributed by atoms with Gasteiger partial charge < -0.3 is 0 Å². The van der Waals surface area contributed by atoms with E-state index in [2.05, 4.69) is 26.2 Å². The molecule has 1 unspecified atom stereocenters. The number of nitrogens with one attached hydrogen (secondary N) is 1. The van der Waals surface area contributed by atoms with Crippen molar-refractivity contribution in [1.82, 2.24) is 5.43 Å². The van der Waals surface area contributed by atoms with Crippen LogP contribution in [0, 0.1) is 5.82 Å². The fourth-order valence-corrected chi connectivity index (χ4v) is 2.59. The number of nitrogens with two attached hydrogens (primary N) is 1. The standard InChI is InChI=1S/C13H20ClFN2S/c1-13(2,3)18-8-11(17-16)7-9-6-10(14)4-5-12(9)15/h4-6,11,17H,7-8,16H2,1-3H3. The van der Waals surface area contributed by atoms with Gasteiger partial charge in [0.1, 0.15) is 5.82 Å². The molecule has 1 aromatic carbocycles. The molecule has 0 bridgehead atoms. The summed E-state index contributed by atoms with van der Waals surface area (Å²) in [6.07, 6.45) is 0.534. The number of hydrazine groups is 1. The topological polar surface area (TPSA) is 38.0 Å². The minimum absolute atomic E-state index is 0.0298. The van der Waals surface area contributed by atoms with Gasteiger partial charge in [0.15, 0.2) is 0 Å². The zero-order valence-corrected chi connectivity index (χ0v) is 12.5. The first-order valence-corrected chi connectivity index (χ1v) is 7.22. The second-order valence-electron chi connectivity index (χ2n) is 5.23. The molecule has 0 aliphatic heterocycles. The van der Waals surface area contributed by atoms with E-state index in [0.29, 0.717) is 17.0 Å². The summed E-state index contributed by atoms with van der Waals surface area (Å²) in [5.74, 6) is 6.11. The lowest BCUT2D eigenvalue weighted by Crippen LogP contribution is -2.39. The first-order valence-electron chi connectivity index (χ1n) is 5.86. The van der Waals surface area contributed by atoms with E-state index in [0.717, 1.165) is 5.75 Å². The Morgan fingerprint density at radius 1 is 1.44 bits per heavy atom. The van der Waals surface area contributed by atoms with Crippen molar-refractivity contribution < 1.29 is 4.39 Å². The lowest BCUT2D eigenvalue weighted by molar-refractivity contribution is 0.545. The molecule has 3 N–H and O–H groups in total. The molecule has 1 rings (SSSR count). The number of hydrogen-bond donors (Lipinski definition) is 2. The van der Waals surface area contributed by atoms with E-state index in [9.17, 15) is 4.39 Å². The first-order chi connectivity index (χ1) is 8.31. The van der Waals surface area contributed by atoms with Crippen molar-refractivity contribution in [3.05, 3.63) is 34.6 Å². The van der Waals surface area contributed by atoms with Crippen molar-refractivity contribution in [1.29, 1.82) is 0 Å². The number of halogens is 2. The third-order valence-electron chi connectivity index (χ3n) is 2.43. The maximum absolute atomic E-state index is 13.6. The summed E-state index contributed by atoms with van der Waals surface area (Å²) in [6, 6.07) is 4.63. The Balaban J connectivity index is 2.65. The molecule has 0 saturated carbocycles. The zero-order chi connectivity index (χ0) is 13.8. The van der Waals surface area contributed by atoms with Gasteiger partial charge in [-0.2, -0.15) is 11.8 Å². The van der Waals surface area contributed by atoms with Gasteiger partial charge in [-0.15, -0.1) is 0 Å². The van der Waals surface area contributed by atoms with Gasteiger partial charge in [0.05, 0.1) is 0 Å². The molecule has 2 nitrogen and oxygen atoms in total. The molecule has 0 heterocycles. The van der Waals surface area contributed by atoms with Gasteiger partial charge in [0.25, 0.3) is 0 Å². The van der Waals surface area contributed by atoms with Gasteiger partial charge in [-0.3, -0.25) is 11.3 Å². The maximum Gasteiger partial charge on any atom is 0.126 e. The molecule has 0 radical (unpaired) electrons. The number of rotatable bonds is 5. The fourth-order valence-electron chi connectivity index (χ4n) is 1.48. The molecule has 102 valence electrons. The van der Waals surface area contributed by atoms with Crippen LogP contribution in [0.2, 0.25) is 5.02 Å². The summed E-state index contributed by atoms with van der Waals surface area (Å²) < 4.78 is 13.8. The van der Waals surface area contributed by atoms with Gasteiger partial charge in [-0.05, 0) is 30.2 Å². The van der Waals surface area contributed by atoms with Gasteiger partial charge >= 0.3 is 0 Å². The van der Waals surface area contributed by atoms with Crippen LogP contribution in [0.4, 0.5) is 4.39 Å². The molecule has 18 heavy (non-hydrogen) atoms. The Labute approximate surface area is 117 Å². The van der Waals surface area contributed by atoms with Crippen LogP contribution in [-0.2, 0) is 6.42 Å². The maximum atomic E-state index is 13.6. The lowest BCUT2D eigenvalue weighted by Gasteiger charge is -2.22. The minimum atomic E-state index is -0.236. The second-order valence-corrected chi connectivity index (χ2v) is 7.51. The molecule has 0 aliphatic rings. The SMILES string of the molecule is CC(C)(C)SCC(Cc1cc(Cl)ccc1F)NN. The highest BCUT2D eigenvalue weighted by molar-refractivity contribution is 8.00. The van der Waals surface area contributed by atoms with Crippen LogP contribution in [0.15, 0.2) is 18.2 Å². The smallest absolute Gasteiger partial charge is 0.126 e. The Morgan fingerprint density at radius 2 is 2.11 bits per heavy atom. The third kappa shape index (κ3) is 5.57. The largest absolute Gasteiger partial charge is 0.271 e. The molecule has 1 aromatic rings. The van der Waals surface area contributed by atoms with Crippen molar-refractivity contribution in [2.24, 2.45) is 5.84 Å². The van der Waals surface area contributed by atoms with Crippen LogP contribution < -0.4 is 11.3 Å². The van der Waals surface area contributed by atoms with Crippen LogP contribution in [0.1, 0.15) is 26.3 Å². The minimum Gasteiger partial charge on any atom is -0.271 e. The zero-order valence-electron chi connectivity index (χ0n) is 11.0. The highest BCUT2D eigenvalue weighted by Gasteiger charge is 2.16. The van der Waals surface area contributed by atoms with E-state index >= 15 is 0 Å². The van der Waals surface area contributed by atoms with Crippen LogP contribution in [0.5, 0.6) is 0 Å². The van der Waals surface area contributed by atoms with Crippen LogP contribution in [-0.4, -0.2) is 16.5 Å². The van der Waals surface area contributed by atoms with Gasteiger partial charge in [0, 0.05) is 21.6 Å². The van der Waals surface area contributed by atoms with Crippen molar-refractivity contribution in [3.8, 4) is 0 Å². The number of thioether (sulfide) groups is 1. The van der Waals surface area contributed by atoms with Gasteiger partial charge in [-0.1, -0.05) is 32.4 Å². The van der Waals surface area contributed by atoms with Crippen LogP contribution >= 0.6 is 23.4 Å². The Hall–Kier alpha value is -0.290. The Bertz CT molecular complexity index is 393. The highest BCUT2D eigenvalue weighted by atomic mass is 35.5. The third-order valence-corrected chi connectivity index (χ3v) is 4.10. The van der Waals surface area contributed by atoms with Crippen molar-refractivity contribution >= 4 is 23.4 Å². The quantitative estimate of drug-likeness (QED) is 0.645. The summed E-state index contributed by atoms with van der Waals surface area (Å²) in [7, 11) is 0. The molecule has 0 spiro atoms. The van der Waals surface area contributed by atoms with E-state index in [-0.39, 0.29) is 16.6 Å². The lowest BCUT2D eigenvalue weighted by atomic mass is 10.1. The molecular weight excluding hydrogens is 271 g/mol. The van der Waals surface area contributed by atoms with Crippen LogP contribution in [0.25, 0.3) is 0 Å². The summed E-state index contributed by atoms with van der Waals surface area (Å²) in [6.45, 7) is 6.43. The highest BCUT2D eigenvalue weighted by Crippen LogP contribution is 2.25. The van der Waals surface area contributed by atoms with E-state index < -0.39 is 0 Å². The van der Waals surface area contributed by atoms with Crippen molar-refractivity contribution in [3.63, 3.8) is 0 Å². The Morgan fingerprint density at radius 3 is 2.67 bits per heavy atom. The van der Waals surface area contributed by atoms with Crippen LogP contribution in [0.3, 0.4) is 0 Å².